The lowest BCUT2D eigenvalue weighted by Crippen LogP contribution is -2.57. The van der Waals surface area contributed by atoms with Gasteiger partial charge in [0, 0.05) is 18.8 Å². The highest BCUT2D eigenvalue weighted by atomic mass is 19.1. The van der Waals surface area contributed by atoms with Gasteiger partial charge < -0.3 is 16.0 Å². The molecule has 1 aromatic heterocycles. The molecule has 3 N–H and O–H groups in total. The highest BCUT2D eigenvalue weighted by Gasteiger charge is 2.35. The first-order valence-electron chi connectivity index (χ1n) is 6.58. The molecule has 1 amide bonds. The van der Waals surface area contributed by atoms with Gasteiger partial charge >= 0.3 is 0 Å². The summed E-state index contributed by atoms with van der Waals surface area (Å²) in [6, 6.07) is 1.48. The zero-order chi connectivity index (χ0) is 13.4. The molecule has 1 aromatic rings. The second-order valence-electron chi connectivity index (χ2n) is 5.28. The average Bonchev–Trinajstić information content (AvgIpc) is 2.43. The number of pyridine rings is 1. The summed E-state index contributed by atoms with van der Waals surface area (Å²) in [4.78, 5) is 18.1. The molecule has 1 atom stereocenters. The summed E-state index contributed by atoms with van der Waals surface area (Å²) in [6.07, 6.45) is 3.56. The van der Waals surface area contributed by atoms with E-state index in [0.717, 1.165) is 32.5 Å². The number of hydrogen-bond acceptors (Lipinski definition) is 4. The van der Waals surface area contributed by atoms with Crippen molar-refractivity contribution in [1.29, 1.82) is 0 Å². The van der Waals surface area contributed by atoms with E-state index in [-0.39, 0.29) is 17.4 Å². The van der Waals surface area contributed by atoms with Crippen molar-refractivity contribution in [2.45, 2.75) is 18.9 Å². The van der Waals surface area contributed by atoms with Crippen LogP contribution in [0.1, 0.15) is 23.2 Å². The average molecular weight is 264 g/mol. The lowest BCUT2D eigenvalue weighted by molar-refractivity contribution is 0.0618. The number of amides is 1. The summed E-state index contributed by atoms with van der Waals surface area (Å²) in [7, 11) is 0. The maximum atomic E-state index is 13.7. The van der Waals surface area contributed by atoms with Gasteiger partial charge in [0.15, 0.2) is 11.6 Å². The van der Waals surface area contributed by atoms with Gasteiger partial charge in [-0.3, -0.25) is 4.79 Å². The summed E-state index contributed by atoms with van der Waals surface area (Å²) in [6.45, 7) is 3.07. The summed E-state index contributed by atoms with van der Waals surface area (Å²) in [5, 5.41) is 2.93. The van der Waals surface area contributed by atoms with Crippen LogP contribution in [0.2, 0.25) is 0 Å². The maximum Gasteiger partial charge on any atom is 0.254 e. The second kappa shape index (κ2) is 4.77. The van der Waals surface area contributed by atoms with E-state index in [2.05, 4.69) is 15.2 Å². The van der Waals surface area contributed by atoms with E-state index in [1.807, 2.05) is 0 Å². The standard InChI is InChI=1S/C13H17FN4O/c14-11-9(1-4-16-12(11)15)13(19)17-10-7-18-5-2-8(10)3-6-18/h1,4,8,10H,2-3,5-7H2,(H2,15,16)(H,17,19). The Balaban J connectivity index is 1.73. The molecule has 0 saturated carbocycles. The number of nitrogens with one attached hydrogen (secondary N) is 1. The Hall–Kier alpha value is -1.69. The Morgan fingerprint density at radius 2 is 2.21 bits per heavy atom. The van der Waals surface area contributed by atoms with Gasteiger partial charge in [-0.15, -0.1) is 0 Å². The fraction of sp³-hybridized carbons (Fsp3) is 0.538. The summed E-state index contributed by atoms with van der Waals surface area (Å²) in [5.41, 5.74) is 5.35. The number of nitrogens with two attached hydrogens (primary N) is 1. The van der Waals surface area contributed by atoms with Gasteiger partial charge in [0.1, 0.15) is 0 Å². The smallest absolute Gasteiger partial charge is 0.254 e. The topological polar surface area (TPSA) is 71.2 Å². The minimum atomic E-state index is -0.735. The van der Waals surface area contributed by atoms with Crippen LogP contribution in [-0.2, 0) is 0 Å². The number of hydrogen-bond donors (Lipinski definition) is 2. The number of anilines is 1. The van der Waals surface area contributed by atoms with Crippen LogP contribution in [0.5, 0.6) is 0 Å². The Morgan fingerprint density at radius 1 is 1.47 bits per heavy atom. The van der Waals surface area contributed by atoms with Gasteiger partial charge in [0.25, 0.3) is 5.91 Å². The van der Waals surface area contributed by atoms with Crippen molar-refractivity contribution in [2.24, 2.45) is 5.92 Å². The summed E-state index contributed by atoms with van der Waals surface area (Å²) in [5.74, 6) is -0.857. The Bertz CT molecular complexity index is 499. The third kappa shape index (κ3) is 2.28. The zero-order valence-electron chi connectivity index (χ0n) is 10.6. The highest BCUT2D eigenvalue weighted by molar-refractivity contribution is 5.95. The Labute approximate surface area is 111 Å². The van der Waals surface area contributed by atoms with E-state index >= 15 is 0 Å². The molecule has 5 nitrogen and oxygen atoms in total. The normalized spacial score (nSPS) is 29.2. The maximum absolute atomic E-state index is 13.7. The number of rotatable bonds is 2. The number of nitrogens with zero attached hydrogens (tertiary/aromatic N) is 2. The minimum Gasteiger partial charge on any atom is -0.381 e. The van der Waals surface area contributed by atoms with Gasteiger partial charge in [0.2, 0.25) is 0 Å². The molecule has 2 bridgehead atoms. The SMILES string of the molecule is Nc1nccc(C(=O)NC2CN3CCC2CC3)c1F. The Kier molecular flexibility index (Phi) is 3.10. The number of fused-ring (bicyclic) bond motifs is 3. The van der Waals surface area contributed by atoms with Crippen molar-refractivity contribution in [3.63, 3.8) is 0 Å². The van der Waals surface area contributed by atoms with E-state index in [9.17, 15) is 9.18 Å². The molecular formula is C13H17FN4O. The van der Waals surface area contributed by atoms with Gasteiger partial charge in [-0.1, -0.05) is 0 Å². The third-order valence-corrected chi connectivity index (χ3v) is 4.13. The fourth-order valence-electron chi connectivity index (χ4n) is 3.01. The van der Waals surface area contributed by atoms with E-state index in [1.165, 1.54) is 12.3 Å². The Morgan fingerprint density at radius 3 is 2.84 bits per heavy atom. The quantitative estimate of drug-likeness (QED) is 0.821. The van der Waals surface area contributed by atoms with E-state index in [0.29, 0.717) is 5.92 Å². The lowest BCUT2D eigenvalue weighted by Gasteiger charge is -2.44. The molecule has 1 unspecified atom stereocenters. The van der Waals surface area contributed by atoms with Crippen LogP contribution in [0, 0.1) is 11.7 Å². The van der Waals surface area contributed by atoms with E-state index in [1.54, 1.807) is 0 Å². The van der Waals surface area contributed by atoms with Crippen molar-refractivity contribution in [3.05, 3.63) is 23.6 Å². The first kappa shape index (κ1) is 12.3. The first-order chi connectivity index (χ1) is 9.15. The predicted molar refractivity (Wildman–Crippen MR) is 69.0 cm³/mol. The monoisotopic (exact) mass is 264 g/mol. The first-order valence-corrected chi connectivity index (χ1v) is 6.58. The number of carbonyl (C=O) groups is 1. The van der Waals surface area contributed by atoms with E-state index < -0.39 is 11.7 Å². The molecule has 4 heterocycles. The minimum absolute atomic E-state index is 0.0241. The summed E-state index contributed by atoms with van der Waals surface area (Å²) < 4.78 is 13.7. The number of carbonyl (C=O) groups excluding carboxylic acids is 1. The molecule has 102 valence electrons. The highest BCUT2D eigenvalue weighted by Crippen LogP contribution is 2.27. The molecular weight excluding hydrogens is 247 g/mol. The fourth-order valence-corrected chi connectivity index (χ4v) is 3.01. The van der Waals surface area contributed by atoms with Crippen LogP contribution in [0.25, 0.3) is 0 Å². The predicted octanol–water partition coefficient (Wildman–Crippen LogP) is 0.627. The van der Waals surface area contributed by atoms with Gasteiger partial charge in [-0.05, 0) is 37.9 Å². The molecule has 0 spiro atoms. The zero-order valence-corrected chi connectivity index (χ0v) is 10.6. The lowest BCUT2D eigenvalue weighted by atomic mass is 9.84. The van der Waals surface area contributed by atoms with Crippen LogP contribution in [0.4, 0.5) is 10.2 Å². The molecule has 6 heteroatoms. The van der Waals surface area contributed by atoms with Crippen molar-refractivity contribution >= 4 is 11.7 Å². The molecule has 3 aliphatic heterocycles. The molecule has 3 aliphatic rings. The van der Waals surface area contributed by atoms with Crippen LogP contribution in [0.15, 0.2) is 12.3 Å². The van der Waals surface area contributed by atoms with Crippen molar-refractivity contribution in [1.82, 2.24) is 15.2 Å². The van der Waals surface area contributed by atoms with Crippen LogP contribution >= 0.6 is 0 Å². The van der Waals surface area contributed by atoms with Crippen LogP contribution in [-0.4, -0.2) is 41.5 Å². The third-order valence-electron chi connectivity index (χ3n) is 4.13. The molecule has 0 aromatic carbocycles. The van der Waals surface area contributed by atoms with Gasteiger partial charge in [0.05, 0.1) is 5.56 Å². The van der Waals surface area contributed by atoms with Gasteiger partial charge in [-0.25, -0.2) is 9.37 Å². The molecule has 0 aliphatic carbocycles. The van der Waals surface area contributed by atoms with Crippen molar-refractivity contribution in [2.75, 3.05) is 25.4 Å². The molecule has 0 radical (unpaired) electrons. The van der Waals surface area contributed by atoms with Gasteiger partial charge in [-0.2, -0.15) is 0 Å². The second-order valence-corrected chi connectivity index (χ2v) is 5.28. The molecule has 4 rings (SSSR count). The summed E-state index contributed by atoms with van der Waals surface area (Å²) >= 11 is 0. The number of piperidine rings is 3. The number of halogens is 1. The molecule has 3 fully saturated rings. The van der Waals surface area contributed by atoms with Crippen molar-refractivity contribution < 1.29 is 9.18 Å². The largest absolute Gasteiger partial charge is 0.381 e. The van der Waals surface area contributed by atoms with E-state index in [4.69, 9.17) is 5.73 Å². The van der Waals surface area contributed by atoms with Crippen LogP contribution in [0.3, 0.4) is 0 Å². The number of aromatic nitrogens is 1. The molecule has 3 saturated heterocycles. The van der Waals surface area contributed by atoms with Crippen LogP contribution < -0.4 is 11.1 Å². The molecule has 19 heavy (non-hydrogen) atoms. The number of nitrogen functional groups attached to an aromatic ring is 1. The van der Waals surface area contributed by atoms with Crippen molar-refractivity contribution in [3.8, 4) is 0 Å².